The molecule has 0 unspecified atom stereocenters. The zero-order valence-electron chi connectivity index (χ0n) is 8.31. The van der Waals surface area contributed by atoms with Gasteiger partial charge in [0, 0.05) is 24.8 Å². The Balaban J connectivity index is 3.41. The number of hydrogen-bond donors (Lipinski definition) is 1. The molecule has 0 aliphatic carbocycles. The van der Waals surface area contributed by atoms with Crippen LogP contribution in [0.25, 0.3) is 0 Å². The van der Waals surface area contributed by atoms with Crippen LogP contribution < -0.4 is 17.0 Å². The summed E-state index contributed by atoms with van der Waals surface area (Å²) in [6.45, 7) is 2.40. The number of halogens is 1. The lowest BCUT2D eigenvalue weighted by Gasteiger charge is -2.07. The van der Waals surface area contributed by atoms with Crippen LogP contribution in [0.2, 0.25) is 0 Å². The lowest BCUT2D eigenvalue weighted by Crippen LogP contribution is -2.40. The predicted octanol–water partition coefficient (Wildman–Crippen LogP) is 0.365. The van der Waals surface area contributed by atoms with Gasteiger partial charge in [-0.05, 0) is 6.92 Å². The van der Waals surface area contributed by atoms with Gasteiger partial charge in [-0.15, -0.1) is 0 Å². The zero-order chi connectivity index (χ0) is 11.4. The first-order valence-electron chi connectivity index (χ1n) is 4.46. The van der Waals surface area contributed by atoms with E-state index in [1.165, 1.54) is 22.4 Å². The highest BCUT2D eigenvalue weighted by molar-refractivity contribution is 6.25. The van der Waals surface area contributed by atoms with Crippen LogP contribution in [-0.2, 0) is 13.1 Å². The second-order valence-corrected chi connectivity index (χ2v) is 3.18. The maximum Gasteiger partial charge on any atom is 0.331 e. The van der Waals surface area contributed by atoms with E-state index in [1.807, 2.05) is 0 Å². The minimum atomic E-state index is -0.487. The van der Waals surface area contributed by atoms with Gasteiger partial charge in [-0.1, -0.05) is 17.7 Å². The molecular weight excluding hydrogens is 218 g/mol. The van der Waals surface area contributed by atoms with Crippen molar-refractivity contribution < 1.29 is 0 Å². The first kappa shape index (κ1) is 11.6. The van der Waals surface area contributed by atoms with Crippen molar-refractivity contribution in [1.29, 1.82) is 0 Å². The van der Waals surface area contributed by atoms with E-state index in [4.69, 9.17) is 17.3 Å². The molecule has 0 aromatic carbocycles. The monoisotopic (exact) mass is 229 g/mol. The third-order valence-corrected chi connectivity index (χ3v) is 2.16. The zero-order valence-corrected chi connectivity index (χ0v) is 9.07. The molecule has 1 heterocycles. The number of aromatic nitrogens is 2. The molecule has 0 saturated heterocycles. The van der Waals surface area contributed by atoms with Crippen molar-refractivity contribution in [1.82, 2.24) is 9.13 Å². The molecule has 0 spiro atoms. The van der Waals surface area contributed by atoms with E-state index in [0.29, 0.717) is 6.54 Å². The van der Waals surface area contributed by atoms with Crippen LogP contribution in [0, 0.1) is 0 Å². The fourth-order valence-electron chi connectivity index (χ4n) is 1.21. The van der Waals surface area contributed by atoms with E-state index < -0.39 is 5.56 Å². The van der Waals surface area contributed by atoms with Crippen LogP contribution in [0.1, 0.15) is 6.92 Å². The van der Waals surface area contributed by atoms with Crippen molar-refractivity contribution in [3.8, 4) is 0 Å². The average molecular weight is 230 g/mol. The third kappa shape index (κ3) is 2.30. The van der Waals surface area contributed by atoms with Crippen LogP contribution in [0.4, 0.5) is 5.69 Å². The SMILES string of the molecule is CCn1cc(N)c(=O)n(C/C=C/Cl)c1=O. The molecule has 0 atom stereocenters. The Morgan fingerprint density at radius 2 is 2.20 bits per heavy atom. The maximum absolute atomic E-state index is 11.7. The molecule has 0 radical (unpaired) electrons. The summed E-state index contributed by atoms with van der Waals surface area (Å²) >= 11 is 5.33. The molecule has 0 aliphatic heterocycles. The van der Waals surface area contributed by atoms with Gasteiger partial charge in [-0.2, -0.15) is 0 Å². The Kier molecular flexibility index (Phi) is 3.74. The Morgan fingerprint density at radius 3 is 2.73 bits per heavy atom. The molecule has 0 saturated carbocycles. The Hall–Kier alpha value is -1.49. The van der Waals surface area contributed by atoms with Crippen molar-refractivity contribution in [2.24, 2.45) is 0 Å². The molecule has 0 amide bonds. The van der Waals surface area contributed by atoms with Crippen LogP contribution >= 0.6 is 11.6 Å². The number of rotatable bonds is 3. The molecule has 0 aliphatic rings. The summed E-state index contributed by atoms with van der Waals surface area (Å²) < 4.78 is 2.41. The van der Waals surface area contributed by atoms with Gasteiger partial charge in [0.25, 0.3) is 5.56 Å². The fourth-order valence-corrected chi connectivity index (χ4v) is 1.29. The molecule has 2 N–H and O–H groups in total. The molecule has 0 bridgehead atoms. The molecule has 82 valence electrons. The van der Waals surface area contributed by atoms with Gasteiger partial charge in [0.05, 0.1) is 0 Å². The lowest BCUT2D eigenvalue weighted by atomic mass is 10.5. The summed E-state index contributed by atoms with van der Waals surface area (Å²) in [5.41, 5.74) is 5.93. The highest BCUT2D eigenvalue weighted by Gasteiger charge is 2.06. The van der Waals surface area contributed by atoms with Crippen LogP contribution in [-0.4, -0.2) is 9.13 Å². The molecule has 15 heavy (non-hydrogen) atoms. The van der Waals surface area contributed by atoms with Crippen molar-refractivity contribution >= 4 is 17.3 Å². The summed E-state index contributed by atoms with van der Waals surface area (Å²) in [7, 11) is 0. The van der Waals surface area contributed by atoms with Crippen LogP contribution in [0.5, 0.6) is 0 Å². The number of nitrogen functional groups attached to an aromatic ring is 1. The summed E-state index contributed by atoms with van der Waals surface area (Å²) in [6, 6.07) is 0. The molecule has 1 aromatic rings. The van der Waals surface area contributed by atoms with Crippen molar-refractivity contribution in [2.45, 2.75) is 20.0 Å². The number of nitrogens with two attached hydrogens (primary N) is 1. The van der Waals surface area contributed by atoms with E-state index in [1.54, 1.807) is 6.92 Å². The number of allylic oxidation sites excluding steroid dienone is 1. The number of nitrogens with zero attached hydrogens (tertiary/aromatic N) is 2. The van der Waals surface area contributed by atoms with Gasteiger partial charge in [0.15, 0.2) is 0 Å². The van der Waals surface area contributed by atoms with Crippen molar-refractivity contribution in [2.75, 3.05) is 5.73 Å². The quantitative estimate of drug-likeness (QED) is 0.814. The molecule has 6 heteroatoms. The molecule has 5 nitrogen and oxygen atoms in total. The molecule has 1 rings (SSSR count). The van der Waals surface area contributed by atoms with E-state index >= 15 is 0 Å². The highest BCUT2D eigenvalue weighted by Crippen LogP contribution is 1.90. The summed E-state index contributed by atoms with van der Waals surface area (Å²) in [5.74, 6) is 0. The Bertz CT molecular complexity index is 487. The van der Waals surface area contributed by atoms with Gasteiger partial charge in [-0.3, -0.25) is 13.9 Å². The van der Waals surface area contributed by atoms with E-state index in [9.17, 15) is 9.59 Å². The molecular formula is C9H12ClN3O2. The Morgan fingerprint density at radius 1 is 1.53 bits per heavy atom. The average Bonchev–Trinajstić information content (AvgIpc) is 2.23. The van der Waals surface area contributed by atoms with E-state index in [0.717, 1.165) is 4.57 Å². The van der Waals surface area contributed by atoms with Gasteiger partial charge < -0.3 is 5.73 Å². The molecule has 0 fully saturated rings. The van der Waals surface area contributed by atoms with Crippen molar-refractivity contribution in [3.05, 3.63) is 38.6 Å². The number of aryl methyl sites for hydroxylation is 1. The minimum absolute atomic E-state index is 0.0550. The number of hydrogen-bond acceptors (Lipinski definition) is 3. The fraction of sp³-hybridized carbons (Fsp3) is 0.333. The first-order valence-corrected chi connectivity index (χ1v) is 4.90. The Labute approximate surface area is 91.4 Å². The van der Waals surface area contributed by atoms with Gasteiger partial charge in [-0.25, -0.2) is 4.79 Å². The summed E-state index contributed by atoms with van der Waals surface area (Å²) in [6.07, 6.45) is 2.86. The molecule has 1 aromatic heterocycles. The highest BCUT2D eigenvalue weighted by atomic mass is 35.5. The normalized spacial score (nSPS) is 11.1. The van der Waals surface area contributed by atoms with Gasteiger partial charge in [0.1, 0.15) is 5.69 Å². The third-order valence-electron chi connectivity index (χ3n) is 1.98. The minimum Gasteiger partial charge on any atom is -0.393 e. The van der Waals surface area contributed by atoms with E-state index in [-0.39, 0.29) is 17.9 Å². The second-order valence-electron chi connectivity index (χ2n) is 2.93. The van der Waals surface area contributed by atoms with Crippen molar-refractivity contribution in [3.63, 3.8) is 0 Å². The largest absolute Gasteiger partial charge is 0.393 e. The topological polar surface area (TPSA) is 70.0 Å². The standard InChI is InChI=1S/C9H12ClN3O2/c1-2-12-6-7(11)8(14)13(9(12)15)5-3-4-10/h3-4,6H,2,5,11H2,1H3/b4-3+. The van der Waals surface area contributed by atoms with Crippen LogP contribution in [0.3, 0.4) is 0 Å². The first-order chi connectivity index (χ1) is 7.11. The lowest BCUT2D eigenvalue weighted by molar-refractivity contribution is 0.609. The number of anilines is 1. The van der Waals surface area contributed by atoms with Gasteiger partial charge >= 0.3 is 5.69 Å². The smallest absolute Gasteiger partial charge is 0.331 e. The van der Waals surface area contributed by atoms with Gasteiger partial charge in [0.2, 0.25) is 0 Å². The summed E-state index contributed by atoms with van der Waals surface area (Å²) in [4.78, 5) is 23.2. The second kappa shape index (κ2) is 4.84. The van der Waals surface area contributed by atoms with E-state index in [2.05, 4.69) is 0 Å². The maximum atomic E-state index is 11.7. The summed E-state index contributed by atoms with van der Waals surface area (Å²) in [5, 5.41) is 0. The van der Waals surface area contributed by atoms with Crippen LogP contribution in [0.15, 0.2) is 27.4 Å². The predicted molar refractivity (Wildman–Crippen MR) is 60.0 cm³/mol.